The molecule has 0 spiro atoms. The lowest BCUT2D eigenvalue weighted by molar-refractivity contribution is -0.186. The fourth-order valence-corrected chi connectivity index (χ4v) is 2.97. The molecule has 3 atom stereocenters. The molecule has 0 aromatic heterocycles. The van der Waals surface area contributed by atoms with Gasteiger partial charge in [0.1, 0.15) is 5.41 Å². The third-order valence-corrected chi connectivity index (χ3v) is 3.76. The number of carbonyl (C=O) groups is 2. The van der Waals surface area contributed by atoms with Gasteiger partial charge < -0.3 is 15.3 Å². The summed E-state index contributed by atoms with van der Waals surface area (Å²) in [6.07, 6.45) is 1.36. The molecule has 3 unspecified atom stereocenters. The standard InChI is InChI=1S/C9H12O5/c10-6(11)8-2-1-5(3-8)4-9(8,14)7(12)13/h5,14H,1-4H2,(H,10,11)(H,12,13). The van der Waals surface area contributed by atoms with Crippen LogP contribution in [-0.4, -0.2) is 32.9 Å². The summed E-state index contributed by atoms with van der Waals surface area (Å²) in [7, 11) is 0. The summed E-state index contributed by atoms with van der Waals surface area (Å²) in [4.78, 5) is 22.0. The molecule has 0 saturated heterocycles. The molecule has 0 radical (unpaired) electrons. The summed E-state index contributed by atoms with van der Waals surface area (Å²) in [5.41, 5.74) is -3.49. The van der Waals surface area contributed by atoms with Crippen molar-refractivity contribution in [2.24, 2.45) is 11.3 Å². The van der Waals surface area contributed by atoms with E-state index in [2.05, 4.69) is 0 Å². The molecule has 2 aliphatic carbocycles. The molecular weight excluding hydrogens is 188 g/mol. The predicted molar refractivity (Wildman–Crippen MR) is 44.6 cm³/mol. The Bertz CT molecular complexity index is 310. The quantitative estimate of drug-likeness (QED) is 0.586. The molecule has 0 aliphatic heterocycles. The summed E-state index contributed by atoms with van der Waals surface area (Å²) < 4.78 is 0. The van der Waals surface area contributed by atoms with Crippen LogP contribution in [0, 0.1) is 11.3 Å². The second kappa shape index (κ2) is 2.48. The highest BCUT2D eigenvalue weighted by molar-refractivity contribution is 5.90. The Labute approximate surface area is 80.4 Å². The zero-order chi connectivity index (χ0) is 10.6. The molecule has 2 aliphatic rings. The average Bonchev–Trinajstić information content (AvgIpc) is 2.60. The molecule has 2 bridgehead atoms. The van der Waals surface area contributed by atoms with Crippen molar-refractivity contribution in [3.63, 3.8) is 0 Å². The third kappa shape index (κ3) is 0.829. The van der Waals surface area contributed by atoms with Crippen LogP contribution in [0.4, 0.5) is 0 Å². The molecule has 78 valence electrons. The largest absolute Gasteiger partial charge is 0.481 e. The number of carboxylic acids is 2. The number of aliphatic carboxylic acids is 2. The van der Waals surface area contributed by atoms with Gasteiger partial charge in [-0.2, -0.15) is 0 Å². The first-order chi connectivity index (χ1) is 6.42. The number of hydrogen-bond acceptors (Lipinski definition) is 3. The fraction of sp³-hybridized carbons (Fsp3) is 0.778. The Hall–Kier alpha value is -1.10. The number of hydrogen-bond donors (Lipinski definition) is 3. The van der Waals surface area contributed by atoms with Gasteiger partial charge in [-0.15, -0.1) is 0 Å². The second-order valence-corrected chi connectivity index (χ2v) is 4.37. The number of carboxylic acid groups (broad SMARTS) is 2. The first-order valence-corrected chi connectivity index (χ1v) is 4.61. The van der Waals surface area contributed by atoms with Crippen molar-refractivity contribution in [2.75, 3.05) is 0 Å². The molecule has 2 fully saturated rings. The summed E-state index contributed by atoms with van der Waals surface area (Å²) in [6.45, 7) is 0. The number of rotatable bonds is 2. The zero-order valence-electron chi connectivity index (χ0n) is 7.56. The van der Waals surface area contributed by atoms with Crippen LogP contribution in [0.15, 0.2) is 0 Å². The van der Waals surface area contributed by atoms with Crippen LogP contribution in [-0.2, 0) is 9.59 Å². The summed E-state index contributed by atoms with van der Waals surface area (Å²) >= 11 is 0. The Kier molecular flexibility index (Phi) is 1.67. The fourth-order valence-electron chi connectivity index (χ4n) is 2.97. The summed E-state index contributed by atoms with van der Waals surface area (Å²) in [5, 5.41) is 27.8. The van der Waals surface area contributed by atoms with Crippen LogP contribution in [0.3, 0.4) is 0 Å². The van der Waals surface area contributed by atoms with Crippen LogP contribution in [0.25, 0.3) is 0 Å². The number of fused-ring (bicyclic) bond motifs is 2. The van der Waals surface area contributed by atoms with Gasteiger partial charge in [-0.25, -0.2) is 4.79 Å². The molecule has 14 heavy (non-hydrogen) atoms. The first-order valence-electron chi connectivity index (χ1n) is 4.61. The van der Waals surface area contributed by atoms with Crippen molar-refractivity contribution in [1.82, 2.24) is 0 Å². The van der Waals surface area contributed by atoms with Crippen molar-refractivity contribution >= 4 is 11.9 Å². The van der Waals surface area contributed by atoms with E-state index in [9.17, 15) is 14.7 Å². The minimum absolute atomic E-state index is 0.0483. The highest BCUT2D eigenvalue weighted by Crippen LogP contribution is 2.59. The summed E-state index contributed by atoms with van der Waals surface area (Å²) in [6, 6.07) is 0. The van der Waals surface area contributed by atoms with Gasteiger partial charge in [-0.05, 0) is 31.6 Å². The second-order valence-electron chi connectivity index (χ2n) is 4.37. The maximum Gasteiger partial charge on any atom is 0.336 e. The van der Waals surface area contributed by atoms with Crippen LogP contribution in [0.1, 0.15) is 25.7 Å². The van der Waals surface area contributed by atoms with Gasteiger partial charge in [-0.1, -0.05) is 0 Å². The van der Waals surface area contributed by atoms with Crippen LogP contribution >= 0.6 is 0 Å². The van der Waals surface area contributed by atoms with E-state index < -0.39 is 23.0 Å². The molecule has 0 amide bonds. The van der Waals surface area contributed by atoms with E-state index >= 15 is 0 Å². The zero-order valence-corrected chi connectivity index (χ0v) is 7.56. The third-order valence-electron chi connectivity index (χ3n) is 3.76. The predicted octanol–water partition coefficient (Wildman–Crippen LogP) is 0.0769. The van der Waals surface area contributed by atoms with Gasteiger partial charge in [0, 0.05) is 0 Å². The van der Waals surface area contributed by atoms with E-state index in [1.807, 2.05) is 0 Å². The van der Waals surface area contributed by atoms with Crippen molar-refractivity contribution < 1.29 is 24.9 Å². The normalized spacial score (nSPS) is 45.4. The molecule has 0 aromatic rings. The Morgan fingerprint density at radius 1 is 1.14 bits per heavy atom. The van der Waals surface area contributed by atoms with Gasteiger partial charge in [0.25, 0.3) is 0 Å². The molecule has 0 aromatic carbocycles. The lowest BCUT2D eigenvalue weighted by Gasteiger charge is -2.35. The molecular formula is C9H12O5. The SMILES string of the molecule is O=C(O)C1(O)CC2CCC1(C(=O)O)C2. The molecule has 0 heterocycles. The Balaban J connectivity index is 2.46. The number of aliphatic hydroxyl groups is 1. The molecule has 5 heteroatoms. The topological polar surface area (TPSA) is 94.8 Å². The molecule has 2 saturated carbocycles. The van der Waals surface area contributed by atoms with Gasteiger partial charge in [0.15, 0.2) is 5.60 Å². The highest BCUT2D eigenvalue weighted by atomic mass is 16.4. The van der Waals surface area contributed by atoms with Gasteiger partial charge in [-0.3, -0.25) is 4.79 Å². The van der Waals surface area contributed by atoms with E-state index in [0.29, 0.717) is 12.8 Å². The maximum atomic E-state index is 11.1. The molecule has 3 N–H and O–H groups in total. The van der Waals surface area contributed by atoms with Gasteiger partial charge >= 0.3 is 11.9 Å². The van der Waals surface area contributed by atoms with Gasteiger partial charge in [0.05, 0.1) is 0 Å². The van der Waals surface area contributed by atoms with E-state index in [0.717, 1.165) is 0 Å². The van der Waals surface area contributed by atoms with Crippen LogP contribution in [0.2, 0.25) is 0 Å². The first kappa shape index (κ1) is 9.45. The lowest BCUT2D eigenvalue weighted by Crippen LogP contribution is -2.55. The molecule has 5 nitrogen and oxygen atoms in total. The Morgan fingerprint density at radius 2 is 1.79 bits per heavy atom. The van der Waals surface area contributed by atoms with E-state index in [4.69, 9.17) is 10.2 Å². The van der Waals surface area contributed by atoms with E-state index in [-0.39, 0.29) is 18.8 Å². The van der Waals surface area contributed by atoms with Crippen molar-refractivity contribution in [3.05, 3.63) is 0 Å². The maximum absolute atomic E-state index is 11.1. The monoisotopic (exact) mass is 200 g/mol. The molecule has 2 rings (SSSR count). The minimum atomic E-state index is -2.05. The smallest absolute Gasteiger partial charge is 0.336 e. The van der Waals surface area contributed by atoms with Crippen LogP contribution < -0.4 is 0 Å². The van der Waals surface area contributed by atoms with Gasteiger partial charge in [0.2, 0.25) is 0 Å². The van der Waals surface area contributed by atoms with E-state index in [1.54, 1.807) is 0 Å². The summed E-state index contributed by atoms with van der Waals surface area (Å²) in [5.74, 6) is -2.53. The highest BCUT2D eigenvalue weighted by Gasteiger charge is 2.69. The van der Waals surface area contributed by atoms with Crippen molar-refractivity contribution in [2.45, 2.75) is 31.3 Å². The van der Waals surface area contributed by atoms with Crippen LogP contribution in [0.5, 0.6) is 0 Å². The van der Waals surface area contributed by atoms with Crippen molar-refractivity contribution in [1.29, 1.82) is 0 Å². The lowest BCUT2D eigenvalue weighted by atomic mass is 9.71. The van der Waals surface area contributed by atoms with E-state index in [1.165, 1.54) is 0 Å². The van der Waals surface area contributed by atoms with Crippen molar-refractivity contribution in [3.8, 4) is 0 Å². The Morgan fingerprint density at radius 3 is 2.14 bits per heavy atom. The minimum Gasteiger partial charge on any atom is -0.481 e. The average molecular weight is 200 g/mol.